The third kappa shape index (κ3) is 3.64. The maximum atomic E-state index is 13.5. The second-order valence-electron chi connectivity index (χ2n) is 3.23. The van der Waals surface area contributed by atoms with Crippen LogP contribution in [0.15, 0.2) is 30.3 Å². The predicted octanol–water partition coefficient (Wildman–Crippen LogP) is 2.31. The summed E-state index contributed by atoms with van der Waals surface area (Å²) in [4.78, 5) is 11.0. The molecule has 0 spiro atoms. The van der Waals surface area contributed by atoms with Crippen molar-refractivity contribution in [3.05, 3.63) is 35.9 Å². The van der Waals surface area contributed by atoms with Crippen LogP contribution in [-0.4, -0.2) is 18.5 Å². The largest absolute Gasteiger partial charge is 0.462 e. The number of rotatable bonds is 4. The first-order valence-electron chi connectivity index (χ1n) is 4.85. The zero-order valence-electron chi connectivity index (χ0n) is 9.23. The first-order chi connectivity index (χ1) is 7.50. The molecule has 0 aromatic heterocycles. The van der Waals surface area contributed by atoms with Crippen LogP contribution in [-0.2, 0) is 9.53 Å². The van der Waals surface area contributed by atoms with Crippen molar-refractivity contribution >= 4 is 18.4 Å². The van der Waals surface area contributed by atoms with Crippen molar-refractivity contribution in [3.8, 4) is 0 Å². The van der Waals surface area contributed by atoms with Gasteiger partial charge in [-0.25, -0.2) is 4.79 Å². The topological polar surface area (TPSA) is 52.3 Å². The maximum Gasteiger partial charge on any atom is 0.379 e. The van der Waals surface area contributed by atoms with E-state index in [1.807, 2.05) is 0 Å². The monoisotopic (exact) mass is 265 g/mol. The van der Waals surface area contributed by atoms with Gasteiger partial charge in [0.25, 0.3) is 0 Å². The van der Waals surface area contributed by atoms with Crippen LogP contribution in [0.2, 0.25) is 0 Å². The molecule has 0 unspecified atom stereocenters. The summed E-state index contributed by atoms with van der Waals surface area (Å²) in [5.41, 5.74) is 5.55. The van der Waals surface area contributed by atoms with E-state index in [1.54, 1.807) is 18.2 Å². The molecule has 96 valence electrons. The fraction of sp³-hybridized carbons (Fsp3) is 0.364. The summed E-state index contributed by atoms with van der Waals surface area (Å²) in [5, 5.41) is 0. The fourth-order valence-corrected chi connectivity index (χ4v) is 1.22. The van der Waals surface area contributed by atoms with Crippen molar-refractivity contribution in [2.75, 3.05) is 6.61 Å². The summed E-state index contributed by atoms with van der Waals surface area (Å²) in [6.07, 6.45) is 0. The van der Waals surface area contributed by atoms with Gasteiger partial charge in [0.15, 0.2) is 0 Å². The van der Waals surface area contributed by atoms with E-state index in [-0.39, 0.29) is 24.6 Å². The summed E-state index contributed by atoms with van der Waals surface area (Å²) in [6, 6.07) is 6.04. The number of hydrogen-bond donors (Lipinski definition) is 1. The lowest BCUT2D eigenvalue weighted by molar-refractivity contribution is -0.174. The third-order valence-electron chi connectivity index (χ3n) is 2.10. The summed E-state index contributed by atoms with van der Waals surface area (Å²) in [7, 11) is 0. The molecule has 0 aliphatic carbocycles. The average Bonchev–Trinajstić information content (AvgIpc) is 2.29. The van der Waals surface area contributed by atoms with E-state index in [1.165, 1.54) is 19.1 Å². The van der Waals surface area contributed by atoms with E-state index in [2.05, 4.69) is 4.74 Å². The SMILES string of the molecule is CCOC(=O)C(F)(F)[C@H](N)c1ccccc1.Cl. The van der Waals surface area contributed by atoms with Crippen LogP contribution in [0.3, 0.4) is 0 Å². The van der Waals surface area contributed by atoms with E-state index in [4.69, 9.17) is 5.73 Å². The van der Waals surface area contributed by atoms with E-state index in [0.29, 0.717) is 0 Å². The van der Waals surface area contributed by atoms with Crippen LogP contribution in [0.25, 0.3) is 0 Å². The Hall–Kier alpha value is -1.20. The number of esters is 1. The maximum absolute atomic E-state index is 13.5. The van der Waals surface area contributed by atoms with Crippen molar-refractivity contribution in [1.29, 1.82) is 0 Å². The van der Waals surface area contributed by atoms with Gasteiger partial charge < -0.3 is 10.5 Å². The molecule has 2 N–H and O–H groups in total. The zero-order chi connectivity index (χ0) is 12.2. The Labute approximate surface area is 104 Å². The second kappa shape index (κ2) is 6.51. The molecular formula is C11H14ClF2NO2. The molecule has 1 aromatic carbocycles. The summed E-state index contributed by atoms with van der Waals surface area (Å²) in [6.45, 7) is 1.36. The molecule has 0 heterocycles. The van der Waals surface area contributed by atoms with Crippen molar-refractivity contribution in [1.82, 2.24) is 0 Å². The van der Waals surface area contributed by atoms with Gasteiger partial charge in [-0.2, -0.15) is 8.78 Å². The molecule has 0 aliphatic heterocycles. The van der Waals surface area contributed by atoms with Crippen molar-refractivity contribution in [2.45, 2.75) is 18.9 Å². The van der Waals surface area contributed by atoms with Gasteiger partial charge in [-0.3, -0.25) is 0 Å². The van der Waals surface area contributed by atoms with Gasteiger partial charge in [-0.15, -0.1) is 12.4 Å². The van der Waals surface area contributed by atoms with Gasteiger partial charge in [0.05, 0.1) is 6.61 Å². The molecule has 0 bridgehead atoms. The molecule has 0 aliphatic rings. The van der Waals surface area contributed by atoms with Crippen LogP contribution in [0, 0.1) is 0 Å². The van der Waals surface area contributed by atoms with Gasteiger partial charge in [0.1, 0.15) is 6.04 Å². The number of carbonyl (C=O) groups is 1. The lowest BCUT2D eigenvalue weighted by atomic mass is 10.0. The highest BCUT2D eigenvalue weighted by atomic mass is 35.5. The van der Waals surface area contributed by atoms with Gasteiger partial charge in [0, 0.05) is 0 Å². The molecule has 0 radical (unpaired) electrons. The molecule has 6 heteroatoms. The van der Waals surface area contributed by atoms with E-state index in [9.17, 15) is 13.6 Å². The fourth-order valence-electron chi connectivity index (χ4n) is 1.22. The number of ether oxygens (including phenoxy) is 1. The molecule has 1 atom stereocenters. The molecule has 1 rings (SSSR count). The second-order valence-corrected chi connectivity index (χ2v) is 3.23. The van der Waals surface area contributed by atoms with Gasteiger partial charge in [-0.1, -0.05) is 30.3 Å². The Morgan fingerprint density at radius 2 is 1.94 bits per heavy atom. The molecule has 0 amide bonds. The van der Waals surface area contributed by atoms with Crippen molar-refractivity contribution in [3.63, 3.8) is 0 Å². The Bertz CT molecular complexity index is 360. The van der Waals surface area contributed by atoms with Crippen LogP contribution in [0.1, 0.15) is 18.5 Å². The number of hydrogen-bond acceptors (Lipinski definition) is 3. The Morgan fingerprint density at radius 1 is 1.41 bits per heavy atom. The number of nitrogens with two attached hydrogens (primary N) is 1. The lowest BCUT2D eigenvalue weighted by Crippen LogP contribution is -2.41. The van der Waals surface area contributed by atoms with Crippen molar-refractivity contribution < 1.29 is 18.3 Å². The minimum absolute atomic E-state index is 0. The normalized spacial score (nSPS) is 12.5. The minimum Gasteiger partial charge on any atom is -0.462 e. The van der Waals surface area contributed by atoms with Crippen LogP contribution in [0.5, 0.6) is 0 Å². The molecule has 17 heavy (non-hydrogen) atoms. The Kier molecular flexibility index (Phi) is 6.05. The van der Waals surface area contributed by atoms with Gasteiger partial charge in [-0.05, 0) is 12.5 Å². The number of halogens is 3. The Balaban J connectivity index is 0.00000256. The van der Waals surface area contributed by atoms with E-state index < -0.39 is 17.9 Å². The highest BCUT2D eigenvalue weighted by Gasteiger charge is 2.47. The molecule has 0 saturated carbocycles. The van der Waals surface area contributed by atoms with E-state index in [0.717, 1.165) is 0 Å². The Morgan fingerprint density at radius 3 is 2.41 bits per heavy atom. The first-order valence-corrected chi connectivity index (χ1v) is 4.85. The summed E-state index contributed by atoms with van der Waals surface area (Å²) in [5.74, 6) is -5.30. The lowest BCUT2D eigenvalue weighted by Gasteiger charge is -2.21. The number of carbonyl (C=O) groups excluding carboxylic acids is 1. The van der Waals surface area contributed by atoms with Gasteiger partial charge in [0.2, 0.25) is 0 Å². The smallest absolute Gasteiger partial charge is 0.379 e. The third-order valence-corrected chi connectivity index (χ3v) is 2.10. The van der Waals surface area contributed by atoms with Crippen LogP contribution < -0.4 is 5.73 Å². The average molecular weight is 266 g/mol. The van der Waals surface area contributed by atoms with Crippen LogP contribution in [0.4, 0.5) is 8.78 Å². The zero-order valence-corrected chi connectivity index (χ0v) is 10.0. The molecule has 0 fully saturated rings. The number of benzene rings is 1. The van der Waals surface area contributed by atoms with Crippen LogP contribution >= 0.6 is 12.4 Å². The quantitative estimate of drug-likeness (QED) is 0.850. The van der Waals surface area contributed by atoms with Crippen molar-refractivity contribution in [2.24, 2.45) is 5.73 Å². The van der Waals surface area contributed by atoms with E-state index >= 15 is 0 Å². The number of alkyl halides is 2. The molecule has 1 aromatic rings. The highest BCUT2D eigenvalue weighted by molar-refractivity contribution is 5.85. The standard InChI is InChI=1S/C11H13F2NO2.ClH/c1-2-16-10(15)11(12,13)9(14)8-6-4-3-5-7-8;/h3-7,9H,2,14H2,1H3;1H/t9-;/m1./s1. The summed E-state index contributed by atoms with van der Waals surface area (Å²) >= 11 is 0. The molecular weight excluding hydrogens is 252 g/mol. The molecule has 3 nitrogen and oxygen atoms in total. The summed E-state index contributed by atoms with van der Waals surface area (Å²) < 4.78 is 31.2. The first kappa shape index (κ1) is 15.8. The molecule has 0 saturated heterocycles. The highest BCUT2D eigenvalue weighted by Crippen LogP contribution is 2.30. The van der Waals surface area contributed by atoms with Gasteiger partial charge >= 0.3 is 11.9 Å². The minimum atomic E-state index is -3.71. The predicted molar refractivity (Wildman–Crippen MR) is 62.2 cm³/mol.